The zero-order valence-corrected chi connectivity index (χ0v) is 17.0. The summed E-state index contributed by atoms with van der Waals surface area (Å²) < 4.78 is 4.92. The molecule has 0 heterocycles. The zero-order chi connectivity index (χ0) is 24.1. The number of aliphatic hydroxyl groups is 9. The summed E-state index contributed by atoms with van der Waals surface area (Å²) in [5.41, 5.74) is -0.827. The molecule has 10 N–H and O–H groups in total. The number of amides is 1. The van der Waals surface area contributed by atoms with Crippen LogP contribution in [0.5, 0.6) is 0 Å². The average Bonchev–Trinajstić information content (AvgIpc) is 2.69. The minimum Gasteiger partial charge on any atom is -0.507 e. The summed E-state index contributed by atoms with van der Waals surface area (Å²) in [6.45, 7) is 0.140. The maximum Gasteiger partial charge on any atom is 0.224 e. The van der Waals surface area contributed by atoms with Crippen LogP contribution < -0.4 is 5.32 Å². The van der Waals surface area contributed by atoms with E-state index >= 15 is 0 Å². The van der Waals surface area contributed by atoms with E-state index in [1.807, 2.05) is 5.32 Å². The minimum absolute atomic E-state index is 0.111. The third-order valence-electron chi connectivity index (χ3n) is 3.94. The van der Waals surface area contributed by atoms with Gasteiger partial charge in [-0.3, -0.25) is 4.79 Å². The predicted molar refractivity (Wildman–Crippen MR) is 103 cm³/mol. The summed E-state index contributed by atoms with van der Waals surface area (Å²) in [4.78, 5) is 22.8. The Balaban J connectivity index is 5.54. The predicted octanol–water partition coefficient (Wildman–Crippen LogP) is -1.90. The summed E-state index contributed by atoms with van der Waals surface area (Å²) in [7, 11) is 0. The maximum absolute atomic E-state index is 11.9. The van der Waals surface area contributed by atoms with Crippen LogP contribution in [0.2, 0.25) is 0 Å². The fourth-order valence-electron chi connectivity index (χ4n) is 2.31. The van der Waals surface area contributed by atoms with Gasteiger partial charge >= 0.3 is 0 Å². The summed E-state index contributed by atoms with van der Waals surface area (Å²) in [5, 5.41) is 88.0. The molecule has 0 aliphatic carbocycles. The molecule has 13 nitrogen and oxygen atoms in total. The Kier molecular flexibility index (Phi) is 13.6. The molecule has 3 unspecified atom stereocenters. The van der Waals surface area contributed by atoms with Crippen molar-refractivity contribution in [3.63, 3.8) is 0 Å². The number of ketones is 1. The largest absolute Gasteiger partial charge is 0.507 e. The van der Waals surface area contributed by atoms with Crippen LogP contribution in [-0.4, -0.2) is 95.7 Å². The zero-order valence-electron chi connectivity index (χ0n) is 17.0. The minimum atomic E-state index is -2.40. The van der Waals surface area contributed by atoms with Gasteiger partial charge in [0.15, 0.2) is 17.8 Å². The molecule has 0 bridgehead atoms. The molecule has 31 heavy (non-hydrogen) atoms. The average molecular weight is 453 g/mol. The number of rotatable bonds is 15. The van der Waals surface area contributed by atoms with Gasteiger partial charge in [-0.15, -0.1) is 0 Å². The standard InChI is InChI=1S/C18H31NO12/c1-9(22)3-2-4-12(24)19-13(17(28)29)15(26)11(6-8-21)31-18(30)16(27)14(25)10(23)5-7-20/h10-11,17-18,20-21,23,25-30H,2-8H2,1H3,(H,19,24)/b15-13-,16-14+. The van der Waals surface area contributed by atoms with Crippen LogP contribution in [-0.2, 0) is 14.3 Å². The van der Waals surface area contributed by atoms with Crippen LogP contribution in [0.3, 0.4) is 0 Å². The third kappa shape index (κ3) is 10.5. The molecule has 13 heteroatoms. The van der Waals surface area contributed by atoms with Gasteiger partial charge in [0.05, 0.1) is 0 Å². The highest BCUT2D eigenvalue weighted by atomic mass is 16.6. The van der Waals surface area contributed by atoms with E-state index < -0.39 is 73.3 Å². The summed E-state index contributed by atoms with van der Waals surface area (Å²) in [6.07, 6.45) is -8.89. The molecule has 0 aromatic heterocycles. The fourth-order valence-corrected chi connectivity index (χ4v) is 2.31. The lowest BCUT2D eigenvalue weighted by Crippen LogP contribution is -2.36. The maximum atomic E-state index is 11.9. The molecule has 0 rings (SSSR count). The Morgan fingerprint density at radius 2 is 1.45 bits per heavy atom. The number of hydrogen-bond donors (Lipinski definition) is 10. The molecule has 3 atom stereocenters. The Morgan fingerprint density at radius 3 is 1.94 bits per heavy atom. The van der Waals surface area contributed by atoms with Gasteiger partial charge in [0.1, 0.15) is 29.4 Å². The lowest BCUT2D eigenvalue weighted by Gasteiger charge is -2.24. The molecule has 0 aromatic rings. The van der Waals surface area contributed by atoms with E-state index in [9.17, 15) is 45.3 Å². The summed E-state index contributed by atoms with van der Waals surface area (Å²) in [5.74, 6) is -4.30. The van der Waals surface area contributed by atoms with Crippen LogP contribution in [0.25, 0.3) is 0 Å². The van der Waals surface area contributed by atoms with Crippen molar-refractivity contribution in [2.75, 3.05) is 13.2 Å². The first-order valence-corrected chi connectivity index (χ1v) is 9.39. The number of carbonyl (C=O) groups excluding carboxylic acids is 2. The third-order valence-corrected chi connectivity index (χ3v) is 3.94. The van der Waals surface area contributed by atoms with Crippen LogP contribution >= 0.6 is 0 Å². The molecule has 0 saturated heterocycles. The highest BCUT2D eigenvalue weighted by Gasteiger charge is 2.29. The van der Waals surface area contributed by atoms with Gasteiger partial charge in [-0.05, 0) is 13.3 Å². The number of hydrogen-bond acceptors (Lipinski definition) is 12. The Hall–Kier alpha value is -2.26. The first kappa shape index (κ1) is 28.7. The van der Waals surface area contributed by atoms with Gasteiger partial charge < -0.3 is 60.8 Å². The molecule has 0 aromatic carbocycles. The number of carbonyl (C=O) groups is 2. The topological polar surface area (TPSA) is 237 Å². The van der Waals surface area contributed by atoms with Gasteiger partial charge in [-0.1, -0.05) is 0 Å². The molecule has 0 aliphatic heterocycles. The van der Waals surface area contributed by atoms with Crippen LogP contribution in [0.15, 0.2) is 23.0 Å². The van der Waals surface area contributed by atoms with E-state index in [4.69, 9.17) is 14.9 Å². The van der Waals surface area contributed by atoms with E-state index in [2.05, 4.69) is 0 Å². The highest BCUT2D eigenvalue weighted by Crippen LogP contribution is 2.19. The van der Waals surface area contributed by atoms with Crippen LogP contribution in [0.1, 0.15) is 39.0 Å². The number of aliphatic hydroxyl groups excluding tert-OH is 8. The summed E-state index contributed by atoms with van der Waals surface area (Å²) in [6, 6.07) is 0. The molecule has 0 fully saturated rings. The highest BCUT2D eigenvalue weighted by molar-refractivity contribution is 5.79. The molecular formula is C18H31NO12. The van der Waals surface area contributed by atoms with Crippen molar-refractivity contribution >= 4 is 11.7 Å². The second kappa shape index (κ2) is 14.7. The van der Waals surface area contributed by atoms with E-state index in [-0.39, 0.29) is 31.5 Å². The van der Waals surface area contributed by atoms with Crippen LogP contribution in [0, 0.1) is 0 Å². The molecule has 1 amide bonds. The molecule has 180 valence electrons. The summed E-state index contributed by atoms with van der Waals surface area (Å²) >= 11 is 0. The van der Waals surface area contributed by atoms with Crippen molar-refractivity contribution in [1.82, 2.24) is 5.32 Å². The lowest BCUT2D eigenvalue weighted by atomic mass is 10.1. The number of nitrogens with one attached hydrogen (secondary N) is 1. The molecule has 0 saturated carbocycles. The first-order chi connectivity index (χ1) is 14.5. The van der Waals surface area contributed by atoms with Gasteiger partial charge in [0.25, 0.3) is 0 Å². The smallest absolute Gasteiger partial charge is 0.224 e. The number of Topliss-reactive ketones (excluding diaryl/α,β-unsaturated/α-hetero) is 1. The second-order valence-electron chi connectivity index (χ2n) is 6.56. The van der Waals surface area contributed by atoms with Crippen molar-refractivity contribution in [3.05, 3.63) is 23.0 Å². The number of ether oxygens (including phenoxy) is 1. The first-order valence-electron chi connectivity index (χ1n) is 9.39. The molecular weight excluding hydrogens is 422 g/mol. The SMILES string of the molecule is CC(=O)CCCC(=O)N/C(=C(\O)C(CCO)OC(O)/C(O)=C(\O)C(O)CCO)C(O)O. The van der Waals surface area contributed by atoms with E-state index in [1.165, 1.54) is 6.92 Å². The Morgan fingerprint density at radius 1 is 0.871 bits per heavy atom. The fraction of sp³-hybridized carbons (Fsp3) is 0.667. The van der Waals surface area contributed by atoms with Gasteiger partial charge in [-0.2, -0.15) is 0 Å². The van der Waals surface area contributed by atoms with Crippen molar-refractivity contribution in [3.8, 4) is 0 Å². The normalized spacial score (nSPS) is 16.3. The molecule has 0 aliphatic rings. The van der Waals surface area contributed by atoms with Crippen molar-refractivity contribution < 1.29 is 60.3 Å². The van der Waals surface area contributed by atoms with E-state index in [0.29, 0.717) is 0 Å². The van der Waals surface area contributed by atoms with Gasteiger partial charge in [0.2, 0.25) is 12.2 Å². The van der Waals surface area contributed by atoms with Gasteiger partial charge in [-0.25, -0.2) is 0 Å². The monoisotopic (exact) mass is 453 g/mol. The van der Waals surface area contributed by atoms with Gasteiger partial charge in [0, 0.05) is 38.9 Å². The van der Waals surface area contributed by atoms with Crippen molar-refractivity contribution in [2.45, 2.75) is 63.8 Å². The Labute approximate surface area is 178 Å². The van der Waals surface area contributed by atoms with Crippen LogP contribution in [0.4, 0.5) is 0 Å². The van der Waals surface area contributed by atoms with Crippen molar-refractivity contribution in [2.24, 2.45) is 0 Å². The quantitative estimate of drug-likeness (QED) is 0.0966. The Bertz CT molecular complexity index is 645. The molecule has 0 spiro atoms. The molecule has 0 radical (unpaired) electrons. The lowest BCUT2D eigenvalue weighted by molar-refractivity contribution is -0.137. The van der Waals surface area contributed by atoms with Crippen molar-refractivity contribution in [1.29, 1.82) is 0 Å². The van der Waals surface area contributed by atoms with E-state index in [0.717, 1.165) is 0 Å². The second-order valence-corrected chi connectivity index (χ2v) is 6.56. The van der Waals surface area contributed by atoms with E-state index in [1.54, 1.807) is 0 Å².